The lowest BCUT2D eigenvalue weighted by molar-refractivity contribution is -0.125. The first-order chi connectivity index (χ1) is 13.5. The Hall–Kier alpha value is -2.26. The van der Waals surface area contributed by atoms with Crippen molar-refractivity contribution in [1.29, 1.82) is 0 Å². The summed E-state index contributed by atoms with van der Waals surface area (Å²) < 4.78 is 5.13. The minimum Gasteiger partial charge on any atom is -0.497 e. The van der Waals surface area contributed by atoms with E-state index < -0.39 is 11.5 Å². The van der Waals surface area contributed by atoms with Gasteiger partial charge in [-0.1, -0.05) is 35.9 Å². The molecule has 2 atom stereocenters. The summed E-state index contributed by atoms with van der Waals surface area (Å²) in [4.78, 5) is 24.4. The molecule has 0 radical (unpaired) electrons. The van der Waals surface area contributed by atoms with Gasteiger partial charge in [0.15, 0.2) is 0 Å². The molecule has 28 heavy (non-hydrogen) atoms. The SMILES string of the molecule is COc1ccc(CC2NNC(SCC(=O)Nc3ccccc3Cl)NC2=O)cc1. The van der Waals surface area contributed by atoms with Crippen LogP contribution in [-0.2, 0) is 16.0 Å². The van der Waals surface area contributed by atoms with Crippen LogP contribution in [0.3, 0.4) is 0 Å². The number of methoxy groups -OCH3 is 1. The molecule has 4 N–H and O–H groups in total. The van der Waals surface area contributed by atoms with Gasteiger partial charge in [0.05, 0.1) is 23.6 Å². The van der Waals surface area contributed by atoms with Crippen molar-refractivity contribution in [3.8, 4) is 5.75 Å². The Bertz CT molecular complexity index is 834. The van der Waals surface area contributed by atoms with Gasteiger partial charge in [-0.15, -0.1) is 11.8 Å². The van der Waals surface area contributed by atoms with E-state index in [2.05, 4.69) is 21.5 Å². The highest BCUT2D eigenvalue weighted by molar-refractivity contribution is 8.00. The number of hydrogen-bond donors (Lipinski definition) is 4. The number of amides is 2. The average Bonchev–Trinajstić information content (AvgIpc) is 2.70. The fraction of sp³-hybridized carbons (Fsp3) is 0.263. The zero-order valence-corrected chi connectivity index (χ0v) is 16.8. The number of carbonyl (C=O) groups is 2. The van der Waals surface area contributed by atoms with Crippen LogP contribution in [0.1, 0.15) is 5.56 Å². The molecular formula is C19H21ClN4O3S. The lowest BCUT2D eigenvalue weighted by atomic mass is 10.1. The van der Waals surface area contributed by atoms with Crippen LogP contribution >= 0.6 is 23.4 Å². The second-order valence-corrected chi connectivity index (χ2v) is 7.62. The van der Waals surface area contributed by atoms with Crippen LogP contribution < -0.4 is 26.2 Å². The van der Waals surface area contributed by atoms with Gasteiger partial charge in [-0.25, -0.2) is 10.9 Å². The van der Waals surface area contributed by atoms with E-state index in [-0.39, 0.29) is 17.6 Å². The molecule has 2 amide bonds. The van der Waals surface area contributed by atoms with Crippen molar-refractivity contribution < 1.29 is 14.3 Å². The van der Waals surface area contributed by atoms with Crippen LogP contribution in [0.25, 0.3) is 0 Å². The van der Waals surface area contributed by atoms with Crippen molar-refractivity contribution in [2.75, 3.05) is 18.2 Å². The third kappa shape index (κ3) is 5.62. The minimum atomic E-state index is -0.406. The van der Waals surface area contributed by atoms with Crippen molar-refractivity contribution in [3.63, 3.8) is 0 Å². The molecule has 0 spiro atoms. The monoisotopic (exact) mass is 420 g/mol. The van der Waals surface area contributed by atoms with Crippen LogP contribution in [0.2, 0.25) is 5.02 Å². The summed E-state index contributed by atoms with van der Waals surface area (Å²) >= 11 is 7.30. The van der Waals surface area contributed by atoms with Crippen LogP contribution in [0.4, 0.5) is 5.69 Å². The summed E-state index contributed by atoms with van der Waals surface area (Å²) in [6.45, 7) is 0. The zero-order valence-electron chi connectivity index (χ0n) is 15.2. The molecule has 2 unspecified atom stereocenters. The normalized spacial score (nSPS) is 19.0. The number of nitrogens with one attached hydrogen (secondary N) is 4. The van der Waals surface area contributed by atoms with E-state index in [1.165, 1.54) is 11.8 Å². The molecule has 2 aromatic carbocycles. The Balaban J connectivity index is 1.44. The van der Waals surface area contributed by atoms with Crippen molar-refractivity contribution in [2.45, 2.75) is 18.0 Å². The smallest absolute Gasteiger partial charge is 0.240 e. The molecule has 9 heteroatoms. The maximum absolute atomic E-state index is 12.3. The Morgan fingerprint density at radius 3 is 2.61 bits per heavy atom. The van der Waals surface area contributed by atoms with Gasteiger partial charge in [0, 0.05) is 0 Å². The number of ether oxygens (including phenoxy) is 1. The summed E-state index contributed by atoms with van der Waals surface area (Å²) in [6.07, 6.45) is 0.535. The van der Waals surface area contributed by atoms with Crippen molar-refractivity contribution in [3.05, 3.63) is 59.1 Å². The first-order valence-electron chi connectivity index (χ1n) is 8.65. The molecule has 1 heterocycles. The van der Waals surface area contributed by atoms with E-state index >= 15 is 0 Å². The van der Waals surface area contributed by atoms with Crippen LogP contribution in [0.15, 0.2) is 48.5 Å². The number of carbonyl (C=O) groups excluding carboxylic acids is 2. The van der Waals surface area contributed by atoms with Crippen molar-refractivity contribution in [1.82, 2.24) is 16.2 Å². The van der Waals surface area contributed by atoms with Crippen molar-refractivity contribution >= 4 is 40.9 Å². The Kier molecular flexibility index (Phi) is 7.16. The molecule has 3 rings (SSSR count). The first kappa shape index (κ1) is 20.5. The largest absolute Gasteiger partial charge is 0.497 e. The predicted octanol–water partition coefficient (Wildman–Crippen LogP) is 2.14. The van der Waals surface area contributed by atoms with Gasteiger partial charge >= 0.3 is 0 Å². The maximum Gasteiger partial charge on any atom is 0.240 e. The number of hydrogen-bond acceptors (Lipinski definition) is 6. The highest BCUT2D eigenvalue weighted by Crippen LogP contribution is 2.21. The Labute approximate surface area is 172 Å². The van der Waals surface area contributed by atoms with E-state index in [0.29, 0.717) is 17.1 Å². The summed E-state index contributed by atoms with van der Waals surface area (Å²) in [7, 11) is 1.61. The Morgan fingerprint density at radius 1 is 1.18 bits per heavy atom. The van der Waals surface area contributed by atoms with Crippen LogP contribution in [-0.4, -0.2) is 36.2 Å². The maximum atomic E-state index is 12.3. The van der Waals surface area contributed by atoms with Gasteiger partial charge in [0.2, 0.25) is 11.8 Å². The number of rotatable bonds is 7. The summed E-state index contributed by atoms with van der Waals surface area (Å²) in [5.74, 6) is 0.608. The van der Waals surface area contributed by atoms with Gasteiger partial charge < -0.3 is 15.4 Å². The van der Waals surface area contributed by atoms with Gasteiger partial charge in [0.1, 0.15) is 17.3 Å². The topological polar surface area (TPSA) is 91.5 Å². The summed E-state index contributed by atoms with van der Waals surface area (Å²) in [6, 6.07) is 14.2. The number of benzene rings is 2. The number of anilines is 1. The van der Waals surface area contributed by atoms with Crippen LogP contribution in [0.5, 0.6) is 5.75 Å². The van der Waals surface area contributed by atoms with E-state index in [4.69, 9.17) is 16.3 Å². The lowest BCUT2D eigenvalue weighted by Gasteiger charge is -2.31. The third-order valence-corrected chi connectivity index (χ3v) is 5.43. The third-order valence-electron chi connectivity index (χ3n) is 4.11. The number of hydrazine groups is 1. The quantitative estimate of drug-likeness (QED) is 0.548. The molecule has 0 bridgehead atoms. The standard InChI is InChI=1S/C19H21ClN4O3S/c1-27-13-8-6-12(7-9-13)10-16-18(26)22-19(24-23-16)28-11-17(25)21-15-5-3-2-4-14(15)20/h2-9,16,19,23-24H,10-11H2,1H3,(H,21,25)(H,22,26). The predicted molar refractivity (Wildman–Crippen MR) is 111 cm³/mol. The molecule has 1 fully saturated rings. The lowest BCUT2D eigenvalue weighted by Crippen LogP contribution is -2.64. The second kappa shape index (κ2) is 9.79. The minimum absolute atomic E-state index is 0.126. The molecule has 7 nitrogen and oxygen atoms in total. The molecule has 1 saturated heterocycles. The fourth-order valence-corrected chi connectivity index (χ4v) is 3.56. The highest BCUT2D eigenvalue weighted by Gasteiger charge is 2.27. The number of para-hydroxylation sites is 1. The van der Waals surface area contributed by atoms with Crippen molar-refractivity contribution in [2.24, 2.45) is 0 Å². The summed E-state index contributed by atoms with van der Waals surface area (Å²) in [5.41, 5.74) is 7.21. The van der Waals surface area contributed by atoms with Gasteiger partial charge in [0.25, 0.3) is 0 Å². The van der Waals surface area contributed by atoms with E-state index in [1.54, 1.807) is 31.4 Å². The van der Waals surface area contributed by atoms with Gasteiger partial charge in [-0.05, 0) is 36.2 Å². The first-order valence-corrected chi connectivity index (χ1v) is 10.1. The van der Waals surface area contributed by atoms with E-state index in [0.717, 1.165) is 11.3 Å². The van der Waals surface area contributed by atoms with Crippen LogP contribution in [0, 0.1) is 0 Å². The number of halogens is 1. The molecular weight excluding hydrogens is 400 g/mol. The molecule has 0 saturated carbocycles. The molecule has 1 aliphatic heterocycles. The number of thioether (sulfide) groups is 1. The average molecular weight is 421 g/mol. The molecule has 0 aromatic heterocycles. The molecule has 1 aliphatic rings. The molecule has 0 aliphatic carbocycles. The Morgan fingerprint density at radius 2 is 1.93 bits per heavy atom. The zero-order chi connectivity index (χ0) is 19.9. The van der Waals surface area contributed by atoms with Gasteiger partial charge in [-0.2, -0.15) is 0 Å². The molecule has 148 valence electrons. The summed E-state index contributed by atoms with van der Waals surface area (Å²) in [5, 5.41) is 6.09. The second-order valence-electron chi connectivity index (χ2n) is 6.12. The highest BCUT2D eigenvalue weighted by atomic mass is 35.5. The van der Waals surface area contributed by atoms with E-state index in [9.17, 15) is 9.59 Å². The van der Waals surface area contributed by atoms with E-state index in [1.807, 2.05) is 24.3 Å². The fourth-order valence-electron chi connectivity index (χ4n) is 2.64. The molecule has 2 aromatic rings. The van der Waals surface area contributed by atoms with Gasteiger partial charge in [-0.3, -0.25) is 9.59 Å².